The van der Waals surface area contributed by atoms with Gasteiger partial charge in [0.1, 0.15) is 11.6 Å². The average Bonchev–Trinajstić information content (AvgIpc) is 3.06. The number of carbonyl (C=O) groups excluding carboxylic acids is 1. The Morgan fingerprint density at radius 3 is 2.59 bits per heavy atom. The van der Waals surface area contributed by atoms with Crippen LogP contribution in [0.4, 0.5) is 0 Å². The molecule has 17 heavy (non-hydrogen) atoms. The lowest BCUT2D eigenvalue weighted by Gasteiger charge is -2.34. The molecule has 2 rings (SSSR count). The Hall–Kier alpha value is -0.650. The van der Waals surface area contributed by atoms with Gasteiger partial charge in [0.2, 0.25) is 0 Å². The van der Waals surface area contributed by atoms with Crippen molar-refractivity contribution in [3.05, 3.63) is 0 Å². The van der Waals surface area contributed by atoms with E-state index in [0.717, 1.165) is 12.8 Å². The molecular weight excluding hydrogens is 222 g/mol. The van der Waals surface area contributed by atoms with Crippen LogP contribution in [0, 0.1) is 5.92 Å². The number of likely N-dealkylation sites (N-methyl/N-ethyl adjacent to an activating group) is 1. The SMILES string of the molecule is CCOC(=O)C(COC1COC1)(NC)C1CC1. The van der Waals surface area contributed by atoms with Crippen molar-refractivity contribution in [1.29, 1.82) is 0 Å². The summed E-state index contributed by atoms with van der Waals surface area (Å²) in [7, 11) is 1.80. The summed E-state index contributed by atoms with van der Waals surface area (Å²) in [4.78, 5) is 12.1. The summed E-state index contributed by atoms with van der Waals surface area (Å²) in [5.74, 6) is 0.151. The molecule has 1 saturated heterocycles. The van der Waals surface area contributed by atoms with Crippen molar-refractivity contribution in [2.45, 2.75) is 31.4 Å². The molecule has 5 heteroatoms. The van der Waals surface area contributed by atoms with Crippen LogP contribution in [0.5, 0.6) is 0 Å². The van der Waals surface area contributed by atoms with Crippen LogP contribution < -0.4 is 5.32 Å². The van der Waals surface area contributed by atoms with Crippen LogP contribution >= 0.6 is 0 Å². The maximum Gasteiger partial charge on any atom is 0.329 e. The number of rotatable bonds is 7. The molecular formula is C12H21NO4. The van der Waals surface area contributed by atoms with Gasteiger partial charge in [0.05, 0.1) is 26.4 Å². The van der Waals surface area contributed by atoms with Crippen LogP contribution in [0.15, 0.2) is 0 Å². The van der Waals surface area contributed by atoms with Crippen LogP contribution in [0.1, 0.15) is 19.8 Å². The van der Waals surface area contributed by atoms with Gasteiger partial charge in [-0.3, -0.25) is 0 Å². The second-order valence-corrected chi connectivity index (χ2v) is 4.69. The van der Waals surface area contributed by atoms with Gasteiger partial charge in [0.15, 0.2) is 0 Å². The van der Waals surface area contributed by atoms with E-state index in [1.165, 1.54) is 0 Å². The summed E-state index contributed by atoms with van der Waals surface area (Å²) in [5, 5.41) is 3.13. The first-order chi connectivity index (χ1) is 8.23. The second-order valence-electron chi connectivity index (χ2n) is 4.69. The molecule has 1 unspecified atom stereocenters. The number of ether oxygens (including phenoxy) is 3. The van der Waals surface area contributed by atoms with Crippen LogP contribution in [-0.2, 0) is 19.0 Å². The minimum Gasteiger partial charge on any atom is -0.465 e. The van der Waals surface area contributed by atoms with E-state index >= 15 is 0 Å². The molecule has 1 saturated carbocycles. The quantitative estimate of drug-likeness (QED) is 0.653. The first-order valence-electron chi connectivity index (χ1n) is 6.28. The van der Waals surface area contributed by atoms with Crippen molar-refractivity contribution in [3.63, 3.8) is 0 Å². The van der Waals surface area contributed by atoms with Gasteiger partial charge in [0, 0.05) is 0 Å². The summed E-state index contributed by atoms with van der Waals surface area (Å²) < 4.78 is 15.9. The molecule has 0 aromatic carbocycles. The number of nitrogens with one attached hydrogen (secondary N) is 1. The van der Waals surface area contributed by atoms with Crippen LogP contribution in [-0.4, -0.2) is 51.1 Å². The molecule has 1 atom stereocenters. The molecule has 1 heterocycles. The highest BCUT2D eigenvalue weighted by Crippen LogP contribution is 2.40. The standard InChI is InChI=1S/C12H21NO4/c1-3-16-11(14)12(13-2,9-4-5-9)8-17-10-6-15-7-10/h9-10,13H,3-8H2,1-2H3. The van der Waals surface area contributed by atoms with Crippen molar-refractivity contribution in [3.8, 4) is 0 Å². The average molecular weight is 243 g/mol. The molecule has 1 aliphatic heterocycles. The molecule has 0 radical (unpaired) electrons. The number of hydrogen-bond donors (Lipinski definition) is 1. The second kappa shape index (κ2) is 5.33. The fourth-order valence-corrected chi connectivity index (χ4v) is 2.12. The summed E-state index contributed by atoms with van der Waals surface area (Å²) >= 11 is 0. The number of esters is 1. The number of hydrogen-bond acceptors (Lipinski definition) is 5. The van der Waals surface area contributed by atoms with E-state index in [1.807, 2.05) is 6.92 Å². The molecule has 2 fully saturated rings. The largest absolute Gasteiger partial charge is 0.465 e. The first-order valence-corrected chi connectivity index (χ1v) is 6.28. The third-order valence-electron chi connectivity index (χ3n) is 3.51. The lowest BCUT2D eigenvalue weighted by molar-refractivity contribution is -0.167. The van der Waals surface area contributed by atoms with Crippen LogP contribution in [0.2, 0.25) is 0 Å². The van der Waals surface area contributed by atoms with E-state index < -0.39 is 5.54 Å². The Morgan fingerprint density at radius 2 is 2.18 bits per heavy atom. The Morgan fingerprint density at radius 1 is 1.47 bits per heavy atom. The Balaban J connectivity index is 1.96. The molecule has 0 amide bonds. The van der Waals surface area contributed by atoms with Crippen molar-refractivity contribution >= 4 is 5.97 Å². The molecule has 0 spiro atoms. The monoisotopic (exact) mass is 243 g/mol. The Kier molecular flexibility index (Phi) is 4.01. The minimum absolute atomic E-state index is 0.135. The third kappa shape index (κ3) is 2.61. The smallest absolute Gasteiger partial charge is 0.329 e. The van der Waals surface area contributed by atoms with E-state index in [4.69, 9.17) is 14.2 Å². The van der Waals surface area contributed by atoms with Gasteiger partial charge in [-0.05, 0) is 32.7 Å². The fourth-order valence-electron chi connectivity index (χ4n) is 2.12. The van der Waals surface area contributed by atoms with Crippen LogP contribution in [0.25, 0.3) is 0 Å². The fraction of sp³-hybridized carbons (Fsp3) is 0.917. The summed E-state index contributed by atoms with van der Waals surface area (Å²) in [6, 6.07) is 0. The van der Waals surface area contributed by atoms with Crippen molar-refractivity contribution in [2.75, 3.05) is 33.5 Å². The van der Waals surface area contributed by atoms with Gasteiger partial charge in [-0.1, -0.05) is 0 Å². The molecule has 2 aliphatic rings. The van der Waals surface area contributed by atoms with Gasteiger partial charge in [-0.25, -0.2) is 4.79 Å². The summed E-state index contributed by atoms with van der Waals surface area (Å²) in [5.41, 5.74) is -0.661. The predicted octanol–water partition coefficient (Wildman–Crippen LogP) is 0.333. The Bertz CT molecular complexity index is 276. The molecule has 0 aromatic rings. The van der Waals surface area contributed by atoms with Gasteiger partial charge >= 0.3 is 5.97 Å². The zero-order valence-corrected chi connectivity index (χ0v) is 10.5. The van der Waals surface area contributed by atoms with Gasteiger partial charge < -0.3 is 19.5 Å². The summed E-state index contributed by atoms with van der Waals surface area (Å²) in [6.07, 6.45) is 2.25. The highest BCUT2D eigenvalue weighted by atomic mass is 16.6. The molecule has 0 aromatic heterocycles. The molecule has 98 valence electrons. The Labute approximate surface area is 102 Å². The minimum atomic E-state index is -0.661. The van der Waals surface area contributed by atoms with Gasteiger partial charge in [-0.15, -0.1) is 0 Å². The van der Waals surface area contributed by atoms with E-state index in [2.05, 4.69) is 5.32 Å². The normalized spacial score (nSPS) is 23.9. The van der Waals surface area contributed by atoms with E-state index in [0.29, 0.717) is 32.3 Å². The molecule has 5 nitrogen and oxygen atoms in total. The zero-order valence-electron chi connectivity index (χ0n) is 10.5. The number of carbonyl (C=O) groups is 1. The third-order valence-corrected chi connectivity index (χ3v) is 3.51. The molecule has 0 bridgehead atoms. The molecule has 1 N–H and O–H groups in total. The highest BCUT2D eigenvalue weighted by Gasteiger charge is 2.52. The predicted molar refractivity (Wildman–Crippen MR) is 61.7 cm³/mol. The van der Waals surface area contributed by atoms with Crippen LogP contribution in [0.3, 0.4) is 0 Å². The lowest BCUT2D eigenvalue weighted by atomic mass is 9.94. The van der Waals surface area contributed by atoms with Gasteiger partial charge in [0.25, 0.3) is 0 Å². The maximum atomic E-state index is 12.1. The van der Waals surface area contributed by atoms with Crippen molar-refractivity contribution in [2.24, 2.45) is 5.92 Å². The zero-order chi connectivity index (χ0) is 12.3. The molecule has 1 aliphatic carbocycles. The van der Waals surface area contributed by atoms with E-state index in [1.54, 1.807) is 7.05 Å². The van der Waals surface area contributed by atoms with Crippen molar-refractivity contribution in [1.82, 2.24) is 5.32 Å². The van der Waals surface area contributed by atoms with Crippen molar-refractivity contribution < 1.29 is 19.0 Å². The van der Waals surface area contributed by atoms with E-state index in [9.17, 15) is 4.79 Å². The first kappa shape index (κ1) is 12.8. The van der Waals surface area contributed by atoms with Gasteiger partial charge in [-0.2, -0.15) is 0 Å². The summed E-state index contributed by atoms with van der Waals surface area (Å²) in [6.45, 7) is 3.87. The topological polar surface area (TPSA) is 56.8 Å². The maximum absolute atomic E-state index is 12.1. The highest BCUT2D eigenvalue weighted by molar-refractivity contribution is 5.82. The lowest BCUT2D eigenvalue weighted by Crippen LogP contribution is -2.58. The van der Waals surface area contributed by atoms with E-state index in [-0.39, 0.29) is 12.1 Å².